The van der Waals surface area contributed by atoms with E-state index in [9.17, 15) is 8.42 Å². The first-order valence-electron chi connectivity index (χ1n) is 9.91. The molecule has 0 amide bonds. The fourth-order valence-electron chi connectivity index (χ4n) is 2.62. The minimum Gasteiger partial charge on any atom is -0.443 e. The van der Waals surface area contributed by atoms with Gasteiger partial charge < -0.3 is 15.1 Å². The quantitative estimate of drug-likeness (QED) is 0.215. The molecule has 9 heteroatoms. The predicted octanol–water partition coefficient (Wildman–Crippen LogP) is 3.65. The summed E-state index contributed by atoms with van der Waals surface area (Å²) in [6.07, 6.45) is 2.25. The Morgan fingerprint density at radius 1 is 1.17 bits per heavy atom. The van der Waals surface area contributed by atoms with Crippen LogP contribution in [0.15, 0.2) is 45.9 Å². The zero-order chi connectivity index (χ0) is 21.3. The van der Waals surface area contributed by atoms with Crippen LogP contribution in [0.4, 0.5) is 0 Å². The Morgan fingerprint density at radius 2 is 1.87 bits per heavy atom. The van der Waals surface area contributed by atoms with Gasteiger partial charge in [-0.2, -0.15) is 0 Å². The van der Waals surface area contributed by atoms with E-state index < -0.39 is 9.84 Å². The van der Waals surface area contributed by atoms with Crippen molar-refractivity contribution < 1.29 is 12.8 Å². The first-order valence-corrected chi connectivity index (χ1v) is 11.7. The smallest absolute Gasteiger partial charge is 0.216 e. The first kappa shape index (κ1) is 26.4. The van der Waals surface area contributed by atoms with Gasteiger partial charge in [-0.05, 0) is 18.9 Å². The number of halogens is 1. The van der Waals surface area contributed by atoms with Crippen LogP contribution in [0.3, 0.4) is 0 Å². The number of nitrogens with one attached hydrogen (secondary N) is 2. The summed E-state index contributed by atoms with van der Waals surface area (Å²) in [7, 11) is -3.14. The Labute approximate surface area is 197 Å². The number of benzene rings is 1. The number of hydrogen-bond acceptors (Lipinski definition) is 5. The molecular weight excluding hydrogens is 515 g/mol. The number of aliphatic imine (C=N–C) groups is 1. The number of aromatic nitrogens is 1. The van der Waals surface area contributed by atoms with Gasteiger partial charge in [-0.15, -0.1) is 24.0 Å². The van der Waals surface area contributed by atoms with Gasteiger partial charge in [-0.1, -0.05) is 51.1 Å². The highest BCUT2D eigenvalue weighted by molar-refractivity contribution is 14.0. The molecule has 0 aliphatic heterocycles. The molecule has 168 valence electrons. The highest BCUT2D eigenvalue weighted by Crippen LogP contribution is 2.22. The minimum atomic E-state index is -3.14. The second-order valence-electron chi connectivity index (χ2n) is 7.92. The molecule has 1 aromatic heterocycles. The second-order valence-corrected chi connectivity index (χ2v) is 10.1. The average Bonchev–Trinajstić information content (AvgIpc) is 3.13. The van der Waals surface area contributed by atoms with Crippen molar-refractivity contribution in [3.63, 3.8) is 0 Å². The standard InChI is InChI=1S/C21H32N4O3S.HI/c1-5-22-20(25-15-19-24-14-18(28-19)21(2,3)4)23-12-9-13-29(26,27)16-17-10-7-6-8-11-17;/h6-8,10-11,14H,5,9,12-13,15-16H2,1-4H3,(H2,22,23,25);1H. The summed E-state index contributed by atoms with van der Waals surface area (Å²) in [6, 6.07) is 9.25. The van der Waals surface area contributed by atoms with Gasteiger partial charge in [0.2, 0.25) is 5.89 Å². The van der Waals surface area contributed by atoms with Gasteiger partial charge >= 0.3 is 0 Å². The van der Waals surface area contributed by atoms with Crippen LogP contribution in [0.2, 0.25) is 0 Å². The maximum Gasteiger partial charge on any atom is 0.216 e. The van der Waals surface area contributed by atoms with Crippen LogP contribution in [0, 0.1) is 0 Å². The molecule has 0 spiro atoms. The lowest BCUT2D eigenvalue weighted by Gasteiger charge is -2.13. The van der Waals surface area contributed by atoms with E-state index in [0.717, 1.165) is 11.3 Å². The Hall–Kier alpha value is -1.62. The number of nitrogens with zero attached hydrogens (tertiary/aromatic N) is 2. The second kappa shape index (κ2) is 12.3. The Morgan fingerprint density at radius 3 is 2.47 bits per heavy atom. The molecule has 0 saturated heterocycles. The monoisotopic (exact) mass is 548 g/mol. The van der Waals surface area contributed by atoms with E-state index in [1.165, 1.54) is 0 Å². The van der Waals surface area contributed by atoms with Crippen LogP contribution in [0.1, 0.15) is 51.3 Å². The van der Waals surface area contributed by atoms with E-state index in [0.29, 0.717) is 37.9 Å². The lowest BCUT2D eigenvalue weighted by molar-refractivity contribution is 0.383. The minimum absolute atomic E-state index is 0. The van der Waals surface area contributed by atoms with Crippen LogP contribution in [-0.4, -0.2) is 38.2 Å². The summed E-state index contributed by atoms with van der Waals surface area (Å²) in [5.74, 6) is 2.19. The van der Waals surface area contributed by atoms with E-state index in [4.69, 9.17) is 4.42 Å². The molecule has 2 aromatic rings. The molecule has 7 nitrogen and oxygen atoms in total. The van der Waals surface area contributed by atoms with Gasteiger partial charge in [0.1, 0.15) is 12.3 Å². The van der Waals surface area contributed by atoms with E-state index >= 15 is 0 Å². The van der Waals surface area contributed by atoms with Gasteiger partial charge in [0.05, 0.1) is 17.7 Å². The molecule has 0 aliphatic carbocycles. The van der Waals surface area contributed by atoms with E-state index in [2.05, 4.69) is 41.4 Å². The summed E-state index contributed by atoms with van der Waals surface area (Å²) in [5.41, 5.74) is 0.721. The number of hydrogen-bond donors (Lipinski definition) is 2. The third-order valence-electron chi connectivity index (χ3n) is 4.16. The molecule has 2 N–H and O–H groups in total. The fraction of sp³-hybridized carbons (Fsp3) is 0.524. The molecule has 30 heavy (non-hydrogen) atoms. The van der Waals surface area contributed by atoms with Crippen molar-refractivity contribution in [2.45, 2.75) is 51.8 Å². The van der Waals surface area contributed by atoms with E-state index in [1.54, 1.807) is 6.20 Å². The van der Waals surface area contributed by atoms with Crippen LogP contribution in [-0.2, 0) is 27.5 Å². The molecule has 0 unspecified atom stereocenters. The Balaban J connectivity index is 0.00000450. The van der Waals surface area contributed by atoms with Crippen molar-refractivity contribution in [1.82, 2.24) is 15.6 Å². The lowest BCUT2D eigenvalue weighted by Crippen LogP contribution is -2.38. The molecule has 0 aliphatic rings. The SMILES string of the molecule is CCNC(=NCc1ncc(C(C)(C)C)o1)NCCCS(=O)(=O)Cc1ccccc1.I. The summed E-state index contributed by atoms with van der Waals surface area (Å²) < 4.78 is 30.3. The summed E-state index contributed by atoms with van der Waals surface area (Å²) in [5, 5.41) is 6.32. The van der Waals surface area contributed by atoms with Crippen molar-refractivity contribution in [1.29, 1.82) is 0 Å². The topological polar surface area (TPSA) is 96.6 Å². The van der Waals surface area contributed by atoms with Crippen LogP contribution >= 0.6 is 24.0 Å². The van der Waals surface area contributed by atoms with Crippen molar-refractivity contribution >= 4 is 39.8 Å². The summed E-state index contributed by atoms with van der Waals surface area (Å²) in [6.45, 7) is 9.71. The van der Waals surface area contributed by atoms with Crippen LogP contribution in [0.25, 0.3) is 0 Å². The number of rotatable bonds is 9. The molecule has 0 bridgehead atoms. The maximum absolute atomic E-state index is 12.3. The highest BCUT2D eigenvalue weighted by atomic mass is 127. The van der Waals surface area contributed by atoms with E-state index in [1.807, 2.05) is 37.3 Å². The molecule has 0 radical (unpaired) electrons. The largest absolute Gasteiger partial charge is 0.443 e. The third kappa shape index (κ3) is 9.46. The first-order chi connectivity index (χ1) is 13.7. The zero-order valence-electron chi connectivity index (χ0n) is 18.1. The molecule has 0 saturated carbocycles. The van der Waals surface area contributed by atoms with Gasteiger partial charge in [-0.3, -0.25) is 0 Å². The zero-order valence-corrected chi connectivity index (χ0v) is 21.3. The van der Waals surface area contributed by atoms with Gasteiger partial charge in [-0.25, -0.2) is 18.4 Å². The van der Waals surface area contributed by atoms with Gasteiger partial charge in [0.25, 0.3) is 0 Å². The fourth-order valence-corrected chi connectivity index (χ4v) is 4.05. The summed E-state index contributed by atoms with van der Waals surface area (Å²) in [4.78, 5) is 8.74. The highest BCUT2D eigenvalue weighted by Gasteiger charge is 2.19. The third-order valence-corrected chi connectivity index (χ3v) is 5.85. The molecule has 0 atom stereocenters. The number of guanidine groups is 1. The predicted molar refractivity (Wildman–Crippen MR) is 132 cm³/mol. The van der Waals surface area contributed by atoms with Crippen molar-refractivity contribution in [2.24, 2.45) is 4.99 Å². The molecule has 1 heterocycles. The van der Waals surface area contributed by atoms with E-state index in [-0.39, 0.29) is 40.9 Å². The van der Waals surface area contributed by atoms with Crippen molar-refractivity contribution in [3.05, 3.63) is 53.7 Å². The van der Waals surface area contributed by atoms with Crippen molar-refractivity contribution in [3.8, 4) is 0 Å². The summed E-state index contributed by atoms with van der Waals surface area (Å²) >= 11 is 0. The van der Waals surface area contributed by atoms with Crippen molar-refractivity contribution in [2.75, 3.05) is 18.8 Å². The molecule has 0 fully saturated rings. The Bertz CT molecular complexity index is 890. The normalized spacial score (nSPS) is 12.3. The molecule has 1 aromatic carbocycles. The van der Waals surface area contributed by atoms with Gasteiger partial charge in [0, 0.05) is 18.5 Å². The number of oxazole rings is 1. The average molecular weight is 548 g/mol. The van der Waals surface area contributed by atoms with Gasteiger partial charge in [0.15, 0.2) is 15.8 Å². The molecule has 2 rings (SSSR count). The van der Waals surface area contributed by atoms with Crippen LogP contribution < -0.4 is 10.6 Å². The van der Waals surface area contributed by atoms with Crippen LogP contribution in [0.5, 0.6) is 0 Å². The number of sulfone groups is 1. The lowest BCUT2D eigenvalue weighted by atomic mass is 9.94. The maximum atomic E-state index is 12.3. The Kier molecular flexibility index (Phi) is 10.8. The molecular formula is C21H33IN4O3S.